The highest BCUT2D eigenvalue weighted by Gasteiger charge is 2.23. The van der Waals surface area contributed by atoms with Crippen molar-refractivity contribution in [1.29, 1.82) is 5.26 Å². The fourth-order valence-corrected chi connectivity index (χ4v) is 4.21. The van der Waals surface area contributed by atoms with E-state index >= 15 is 0 Å². The number of hydrogen-bond acceptors (Lipinski definition) is 3. The summed E-state index contributed by atoms with van der Waals surface area (Å²) in [6.07, 6.45) is 6.30. The van der Waals surface area contributed by atoms with Crippen molar-refractivity contribution in [1.82, 2.24) is 9.55 Å². The first-order valence-electron chi connectivity index (χ1n) is 9.78. The lowest BCUT2D eigenvalue weighted by molar-refractivity contribution is 0.0849. The molecule has 0 amide bonds. The molecule has 2 aromatic carbocycles. The van der Waals surface area contributed by atoms with Gasteiger partial charge in [0.15, 0.2) is 0 Å². The maximum atomic E-state index is 10.8. The third-order valence-corrected chi connectivity index (χ3v) is 5.88. The summed E-state index contributed by atoms with van der Waals surface area (Å²) in [7, 11) is 2.03. The Bertz CT molecular complexity index is 975. The quantitative estimate of drug-likeness (QED) is 0.737. The van der Waals surface area contributed by atoms with Crippen molar-refractivity contribution in [2.75, 3.05) is 0 Å². The largest absolute Gasteiger partial charge is 0.388 e. The second kappa shape index (κ2) is 7.54. The standard InChI is InChI=1S/C23H25N3O/c1-26-21-12-11-19(23(27)18-5-3-2-4-6-18)14-20(21)25-22(26)13-16-7-9-17(15-24)10-8-16/h7-12,14,18,23,27H,2-6,13H2,1H3. The molecule has 1 fully saturated rings. The summed E-state index contributed by atoms with van der Waals surface area (Å²) in [5.41, 5.74) is 4.81. The highest BCUT2D eigenvalue weighted by molar-refractivity contribution is 5.77. The molecule has 0 bridgehead atoms. The summed E-state index contributed by atoms with van der Waals surface area (Å²) >= 11 is 0. The van der Waals surface area contributed by atoms with Crippen LogP contribution in [0.25, 0.3) is 11.0 Å². The van der Waals surface area contributed by atoms with Crippen LogP contribution >= 0.6 is 0 Å². The normalized spacial score (nSPS) is 16.3. The number of benzene rings is 2. The van der Waals surface area contributed by atoms with E-state index in [1.54, 1.807) is 0 Å². The molecule has 1 aliphatic carbocycles. The van der Waals surface area contributed by atoms with Crippen molar-refractivity contribution < 1.29 is 5.11 Å². The van der Waals surface area contributed by atoms with Gasteiger partial charge in [0.25, 0.3) is 0 Å². The number of aromatic nitrogens is 2. The molecular formula is C23H25N3O. The predicted octanol–water partition coefficient (Wildman–Crippen LogP) is 4.65. The Morgan fingerprint density at radius 2 is 1.89 bits per heavy atom. The van der Waals surface area contributed by atoms with E-state index in [1.165, 1.54) is 19.3 Å². The van der Waals surface area contributed by atoms with Gasteiger partial charge in [0, 0.05) is 13.5 Å². The lowest BCUT2D eigenvalue weighted by Crippen LogP contribution is -2.15. The average Bonchev–Trinajstić information content (AvgIpc) is 3.03. The highest BCUT2D eigenvalue weighted by Crippen LogP contribution is 2.35. The van der Waals surface area contributed by atoms with Gasteiger partial charge in [-0.05, 0) is 54.2 Å². The van der Waals surface area contributed by atoms with E-state index in [2.05, 4.69) is 28.8 Å². The van der Waals surface area contributed by atoms with E-state index < -0.39 is 6.10 Å². The van der Waals surface area contributed by atoms with E-state index in [-0.39, 0.29) is 0 Å². The van der Waals surface area contributed by atoms with Crippen LogP contribution < -0.4 is 0 Å². The van der Waals surface area contributed by atoms with E-state index in [9.17, 15) is 5.11 Å². The maximum Gasteiger partial charge on any atom is 0.114 e. The SMILES string of the molecule is Cn1c(Cc2ccc(C#N)cc2)nc2cc(C(O)C3CCCCC3)ccc21. The lowest BCUT2D eigenvalue weighted by atomic mass is 9.83. The number of aryl methyl sites for hydroxylation is 1. The zero-order valence-electron chi connectivity index (χ0n) is 15.7. The van der Waals surface area contributed by atoms with Crippen molar-refractivity contribution in [3.63, 3.8) is 0 Å². The fourth-order valence-electron chi connectivity index (χ4n) is 4.21. The zero-order valence-corrected chi connectivity index (χ0v) is 15.7. The first-order valence-corrected chi connectivity index (χ1v) is 9.78. The summed E-state index contributed by atoms with van der Waals surface area (Å²) in [6.45, 7) is 0. The molecule has 1 atom stereocenters. The smallest absolute Gasteiger partial charge is 0.114 e. The average molecular weight is 359 g/mol. The first kappa shape index (κ1) is 17.8. The van der Waals surface area contributed by atoms with Gasteiger partial charge in [-0.1, -0.05) is 37.5 Å². The predicted molar refractivity (Wildman–Crippen MR) is 106 cm³/mol. The van der Waals surface area contributed by atoms with E-state index in [4.69, 9.17) is 10.2 Å². The van der Waals surface area contributed by atoms with Crippen LogP contribution in [0.2, 0.25) is 0 Å². The van der Waals surface area contributed by atoms with Crippen molar-refractivity contribution >= 4 is 11.0 Å². The molecule has 0 radical (unpaired) electrons. The van der Waals surface area contributed by atoms with E-state index in [0.29, 0.717) is 11.5 Å². The van der Waals surface area contributed by atoms with Crippen LogP contribution in [0.1, 0.15) is 60.7 Å². The van der Waals surface area contributed by atoms with Crippen molar-refractivity contribution in [3.05, 3.63) is 65.0 Å². The van der Waals surface area contributed by atoms with Crippen LogP contribution in [0, 0.1) is 17.2 Å². The second-order valence-electron chi connectivity index (χ2n) is 7.66. The van der Waals surface area contributed by atoms with Crippen molar-refractivity contribution in [2.45, 2.75) is 44.6 Å². The molecule has 138 valence electrons. The van der Waals surface area contributed by atoms with Crippen LogP contribution in [0.3, 0.4) is 0 Å². The number of rotatable bonds is 4. The minimum atomic E-state index is -0.390. The molecule has 1 aliphatic rings. The molecule has 4 rings (SSSR count). The minimum Gasteiger partial charge on any atom is -0.388 e. The van der Waals surface area contributed by atoms with Crippen molar-refractivity contribution in [3.8, 4) is 6.07 Å². The Morgan fingerprint density at radius 3 is 2.59 bits per heavy atom. The van der Waals surface area contributed by atoms with Gasteiger partial charge in [0.1, 0.15) is 5.82 Å². The molecule has 1 unspecified atom stereocenters. The van der Waals surface area contributed by atoms with Crippen LogP contribution in [0.5, 0.6) is 0 Å². The summed E-state index contributed by atoms with van der Waals surface area (Å²) in [6, 6.07) is 16.0. The molecule has 27 heavy (non-hydrogen) atoms. The Hall–Kier alpha value is -2.64. The molecule has 0 aliphatic heterocycles. The molecule has 1 aromatic heterocycles. The molecule has 1 saturated carbocycles. The van der Waals surface area contributed by atoms with Crippen LogP contribution in [0.15, 0.2) is 42.5 Å². The Morgan fingerprint density at radius 1 is 1.15 bits per heavy atom. The maximum absolute atomic E-state index is 10.8. The summed E-state index contributed by atoms with van der Waals surface area (Å²) in [5.74, 6) is 1.36. The van der Waals surface area contributed by atoms with Crippen LogP contribution in [-0.2, 0) is 13.5 Å². The van der Waals surface area contributed by atoms with Gasteiger partial charge in [-0.15, -0.1) is 0 Å². The van der Waals surface area contributed by atoms with Gasteiger partial charge >= 0.3 is 0 Å². The van der Waals surface area contributed by atoms with Gasteiger partial charge in [-0.3, -0.25) is 0 Å². The summed E-state index contributed by atoms with van der Waals surface area (Å²) in [5, 5.41) is 19.7. The first-order chi connectivity index (χ1) is 13.2. The van der Waals surface area contributed by atoms with E-state index in [1.807, 2.05) is 31.3 Å². The number of fused-ring (bicyclic) bond motifs is 1. The third kappa shape index (κ3) is 3.61. The molecule has 0 spiro atoms. The number of hydrogen-bond donors (Lipinski definition) is 1. The van der Waals surface area contributed by atoms with Gasteiger partial charge in [-0.2, -0.15) is 5.26 Å². The van der Waals surface area contributed by atoms with Crippen LogP contribution in [-0.4, -0.2) is 14.7 Å². The lowest BCUT2D eigenvalue weighted by Gasteiger charge is -2.26. The molecule has 0 saturated heterocycles. The van der Waals surface area contributed by atoms with Crippen molar-refractivity contribution in [2.24, 2.45) is 13.0 Å². The molecular weight excluding hydrogens is 334 g/mol. The Kier molecular flexibility index (Phi) is 4.96. The topological polar surface area (TPSA) is 61.8 Å². The number of aliphatic hydroxyl groups is 1. The number of aliphatic hydroxyl groups excluding tert-OH is 1. The zero-order chi connectivity index (χ0) is 18.8. The van der Waals surface area contributed by atoms with Gasteiger partial charge in [0.05, 0.1) is 28.8 Å². The third-order valence-electron chi connectivity index (χ3n) is 5.88. The fraction of sp³-hybridized carbons (Fsp3) is 0.391. The van der Waals surface area contributed by atoms with Gasteiger partial charge in [0.2, 0.25) is 0 Å². The molecule has 4 heteroatoms. The second-order valence-corrected chi connectivity index (χ2v) is 7.66. The monoisotopic (exact) mass is 359 g/mol. The number of nitriles is 1. The van der Waals surface area contributed by atoms with Crippen LogP contribution in [0.4, 0.5) is 0 Å². The highest BCUT2D eigenvalue weighted by atomic mass is 16.3. The molecule has 3 aromatic rings. The minimum absolute atomic E-state index is 0.373. The van der Waals surface area contributed by atoms with Gasteiger partial charge in [-0.25, -0.2) is 4.98 Å². The molecule has 1 N–H and O–H groups in total. The number of nitrogens with zero attached hydrogens (tertiary/aromatic N) is 3. The molecule has 1 heterocycles. The van der Waals surface area contributed by atoms with Gasteiger partial charge < -0.3 is 9.67 Å². The summed E-state index contributed by atoms with van der Waals surface area (Å²) < 4.78 is 2.12. The molecule has 4 nitrogen and oxygen atoms in total. The number of imidazole rings is 1. The van der Waals surface area contributed by atoms with E-state index in [0.717, 1.165) is 47.2 Å². The Labute approximate surface area is 160 Å². The Balaban J connectivity index is 1.59. The summed E-state index contributed by atoms with van der Waals surface area (Å²) in [4.78, 5) is 4.83.